The molecule has 7 heteroatoms. The lowest BCUT2D eigenvalue weighted by atomic mass is 9.71. The highest BCUT2D eigenvalue weighted by Crippen LogP contribution is 2.42. The Hall–Kier alpha value is -2.93. The van der Waals surface area contributed by atoms with Crippen LogP contribution in [0.25, 0.3) is 0 Å². The van der Waals surface area contributed by atoms with E-state index in [1.165, 1.54) is 13.2 Å². The molecule has 0 unspecified atom stereocenters. The molecule has 0 spiro atoms. The van der Waals surface area contributed by atoms with Gasteiger partial charge in [-0.05, 0) is 48.2 Å². The van der Waals surface area contributed by atoms with E-state index in [1.807, 2.05) is 18.2 Å². The van der Waals surface area contributed by atoms with Gasteiger partial charge in [-0.2, -0.15) is 0 Å². The third kappa shape index (κ3) is 3.96. The number of ether oxygens (including phenoxy) is 4. The lowest BCUT2D eigenvalue weighted by Crippen LogP contribution is -2.40. The van der Waals surface area contributed by atoms with Crippen LogP contribution in [0.5, 0.6) is 23.0 Å². The summed E-state index contributed by atoms with van der Waals surface area (Å²) in [6.45, 7) is -0.115. The number of rotatable bonds is 8. The molecule has 2 atom stereocenters. The van der Waals surface area contributed by atoms with E-state index in [0.717, 1.165) is 11.1 Å². The van der Waals surface area contributed by atoms with Crippen LogP contribution in [0.2, 0.25) is 0 Å². The van der Waals surface area contributed by atoms with Crippen molar-refractivity contribution < 1.29 is 34.0 Å². The van der Waals surface area contributed by atoms with E-state index in [4.69, 9.17) is 18.9 Å². The second-order valence-corrected chi connectivity index (χ2v) is 7.19. The molecule has 0 aromatic heterocycles. The van der Waals surface area contributed by atoms with Crippen molar-refractivity contribution >= 4 is 5.97 Å². The summed E-state index contributed by atoms with van der Waals surface area (Å²) >= 11 is 0. The van der Waals surface area contributed by atoms with E-state index in [2.05, 4.69) is 0 Å². The predicted octanol–water partition coefficient (Wildman–Crippen LogP) is 2.35. The minimum atomic E-state index is -1.07. The molecule has 1 fully saturated rings. The molecule has 0 radical (unpaired) electrons. The summed E-state index contributed by atoms with van der Waals surface area (Å²) in [4.78, 5) is 12.7. The van der Waals surface area contributed by atoms with Crippen LogP contribution in [-0.4, -0.2) is 50.7 Å². The molecule has 2 N–H and O–H groups in total. The molecule has 1 heterocycles. The minimum Gasteiger partial charge on any atom is -0.504 e. The van der Waals surface area contributed by atoms with Crippen molar-refractivity contribution in [2.75, 3.05) is 34.5 Å². The quantitative estimate of drug-likeness (QED) is 0.655. The number of aliphatic hydroxyl groups is 1. The second-order valence-electron chi connectivity index (χ2n) is 7.19. The molecular formula is C22H26O7. The summed E-state index contributed by atoms with van der Waals surface area (Å²) in [5, 5.41) is 20.1. The number of methoxy groups -OCH3 is 3. The topological polar surface area (TPSA) is 94.5 Å². The normalized spacial score (nSPS) is 21.0. The highest BCUT2D eigenvalue weighted by atomic mass is 16.5. The van der Waals surface area contributed by atoms with Crippen LogP contribution in [0, 0.1) is 11.3 Å². The molecule has 1 saturated heterocycles. The van der Waals surface area contributed by atoms with Crippen molar-refractivity contribution in [3.8, 4) is 23.0 Å². The van der Waals surface area contributed by atoms with E-state index in [-0.39, 0.29) is 31.3 Å². The molecule has 156 valence electrons. The van der Waals surface area contributed by atoms with Gasteiger partial charge in [0.25, 0.3) is 0 Å². The average Bonchev–Trinajstić information content (AvgIpc) is 3.04. The molecule has 0 aliphatic carbocycles. The van der Waals surface area contributed by atoms with Gasteiger partial charge in [0, 0.05) is 5.92 Å². The fourth-order valence-electron chi connectivity index (χ4n) is 3.85. The Balaban J connectivity index is 1.89. The van der Waals surface area contributed by atoms with Gasteiger partial charge in [-0.15, -0.1) is 0 Å². The van der Waals surface area contributed by atoms with Crippen molar-refractivity contribution in [1.29, 1.82) is 0 Å². The fourth-order valence-corrected chi connectivity index (χ4v) is 3.85. The van der Waals surface area contributed by atoms with Crippen LogP contribution in [0.3, 0.4) is 0 Å². The molecule has 29 heavy (non-hydrogen) atoms. The first-order chi connectivity index (χ1) is 14.0. The number of benzene rings is 2. The number of phenols is 1. The summed E-state index contributed by atoms with van der Waals surface area (Å²) in [5.41, 5.74) is 0.645. The van der Waals surface area contributed by atoms with Gasteiger partial charge in [-0.25, -0.2) is 0 Å². The van der Waals surface area contributed by atoms with Crippen LogP contribution < -0.4 is 14.2 Å². The maximum absolute atomic E-state index is 12.7. The highest BCUT2D eigenvalue weighted by molar-refractivity contribution is 5.80. The molecule has 0 saturated carbocycles. The lowest BCUT2D eigenvalue weighted by Gasteiger charge is -2.29. The first kappa shape index (κ1) is 20.8. The van der Waals surface area contributed by atoms with Gasteiger partial charge in [0.15, 0.2) is 23.0 Å². The summed E-state index contributed by atoms with van der Waals surface area (Å²) in [6.07, 6.45) is 0.804. The number of cyclic esters (lactones) is 1. The third-order valence-corrected chi connectivity index (χ3v) is 5.58. The molecule has 2 aromatic rings. The monoisotopic (exact) mass is 402 g/mol. The van der Waals surface area contributed by atoms with E-state index in [9.17, 15) is 15.0 Å². The Morgan fingerprint density at radius 1 is 1.00 bits per heavy atom. The fraction of sp³-hybridized carbons (Fsp3) is 0.409. The number of carbonyl (C=O) groups excluding carboxylic acids is 1. The number of aromatic hydroxyl groups is 1. The number of hydrogen-bond acceptors (Lipinski definition) is 7. The zero-order chi connectivity index (χ0) is 21.0. The molecule has 1 aliphatic heterocycles. The van der Waals surface area contributed by atoms with Gasteiger partial charge in [-0.3, -0.25) is 4.79 Å². The Bertz CT molecular complexity index is 879. The van der Waals surface area contributed by atoms with E-state index in [0.29, 0.717) is 23.7 Å². The molecular weight excluding hydrogens is 376 g/mol. The van der Waals surface area contributed by atoms with Crippen LogP contribution in [0.15, 0.2) is 36.4 Å². The average molecular weight is 402 g/mol. The molecule has 1 aliphatic rings. The van der Waals surface area contributed by atoms with Gasteiger partial charge in [0.2, 0.25) is 0 Å². The highest BCUT2D eigenvalue weighted by Gasteiger charge is 2.52. The molecule has 0 amide bonds. The number of esters is 1. The van der Waals surface area contributed by atoms with Crippen molar-refractivity contribution in [1.82, 2.24) is 0 Å². The Morgan fingerprint density at radius 3 is 2.31 bits per heavy atom. The Morgan fingerprint density at radius 2 is 1.66 bits per heavy atom. The van der Waals surface area contributed by atoms with Crippen molar-refractivity contribution in [2.45, 2.75) is 12.8 Å². The largest absolute Gasteiger partial charge is 0.504 e. The van der Waals surface area contributed by atoms with Crippen molar-refractivity contribution in [2.24, 2.45) is 11.3 Å². The second kappa shape index (κ2) is 8.61. The molecule has 2 aromatic carbocycles. The standard InChI is InChI=1S/C22H26O7/c1-26-18-7-5-14(9-20(18)28-3)8-16-12-29-21(25)22(16,13-23)11-15-4-6-17(24)19(10-15)27-2/h4-7,9-10,16,23-24H,8,11-13H2,1-3H3/t16-,22-/m0/s1. The first-order valence-electron chi connectivity index (χ1n) is 9.32. The van der Waals surface area contributed by atoms with Crippen LogP contribution in [0.4, 0.5) is 0 Å². The summed E-state index contributed by atoms with van der Waals surface area (Å²) in [5.74, 6) is 0.923. The summed E-state index contributed by atoms with van der Waals surface area (Å²) in [6, 6.07) is 10.5. The predicted molar refractivity (Wildman–Crippen MR) is 106 cm³/mol. The SMILES string of the molecule is COc1cc(C[C@@]2(CO)C(=O)OC[C@@H]2Cc2ccc(OC)c(OC)c2)ccc1O. The van der Waals surface area contributed by atoms with E-state index < -0.39 is 11.4 Å². The van der Waals surface area contributed by atoms with Crippen molar-refractivity contribution in [3.05, 3.63) is 47.5 Å². The number of phenolic OH excluding ortho intramolecular Hbond substituents is 1. The maximum Gasteiger partial charge on any atom is 0.315 e. The van der Waals surface area contributed by atoms with Crippen LogP contribution in [-0.2, 0) is 22.4 Å². The number of aliphatic hydroxyl groups excluding tert-OH is 1. The molecule has 7 nitrogen and oxygen atoms in total. The lowest BCUT2D eigenvalue weighted by molar-refractivity contribution is -0.148. The summed E-state index contributed by atoms with van der Waals surface area (Å²) < 4.78 is 21.2. The van der Waals surface area contributed by atoms with E-state index in [1.54, 1.807) is 26.4 Å². The van der Waals surface area contributed by atoms with Crippen molar-refractivity contribution in [3.63, 3.8) is 0 Å². The zero-order valence-electron chi connectivity index (χ0n) is 16.8. The molecule has 3 rings (SSSR count). The summed E-state index contributed by atoms with van der Waals surface area (Å²) in [7, 11) is 4.61. The number of carbonyl (C=O) groups is 1. The Labute approximate surface area is 169 Å². The van der Waals surface area contributed by atoms with Crippen LogP contribution in [0.1, 0.15) is 11.1 Å². The van der Waals surface area contributed by atoms with Gasteiger partial charge in [0.05, 0.1) is 34.5 Å². The zero-order valence-corrected chi connectivity index (χ0v) is 16.8. The van der Waals surface area contributed by atoms with Crippen LogP contribution >= 0.6 is 0 Å². The maximum atomic E-state index is 12.7. The smallest absolute Gasteiger partial charge is 0.315 e. The third-order valence-electron chi connectivity index (χ3n) is 5.58. The number of hydrogen-bond donors (Lipinski definition) is 2. The Kier molecular flexibility index (Phi) is 6.17. The molecule has 0 bridgehead atoms. The van der Waals surface area contributed by atoms with Gasteiger partial charge >= 0.3 is 5.97 Å². The van der Waals surface area contributed by atoms with Gasteiger partial charge in [-0.1, -0.05) is 12.1 Å². The minimum absolute atomic E-state index is 0.0187. The van der Waals surface area contributed by atoms with Gasteiger partial charge < -0.3 is 29.2 Å². The van der Waals surface area contributed by atoms with E-state index >= 15 is 0 Å². The van der Waals surface area contributed by atoms with Gasteiger partial charge in [0.1, 0.15) is 5.41 Å². The first-order valence-corrected chi connectivity index (χ1v) is 9.32.